The number of hydrogen-bond donors (Lipinski definition) is 1. The van der Waals surface area contributed by atoms with E-state index in [0.29, 0.717) is 18.1 Å². The molecule has 1 unspecified atom stereocenters. The monoisotopic (exact) mass is 388 g/mol. The SMILES string of the molecule is Cl.Fc1cccc(C2CNCCN2CCc2nc(-c3ccccc3)no2)c1. The van der Waals surface area contributed by atoms with E-state index in [1.54, 1.807) is 12.1 Å². The lowest BCUT2D eigenvalue weighted by molar-refractivity contribution is 0.159. The van der Waals surface area contributed by atoms with Gasteiger partial charge in [0.2, 0.25) is 11.7 Å². The van der Waals surface area contributed by atoms with Gasteiger partial charge in [0, 0.05) is 44.2 Å². The lowest BCUT2D eigenvalue weighted by Gasteiger charge is -2.36. The van der Waals surface area contributed by atoms with Crippen molar-refractivity contribution >= 4 is 12.4 Å². The normalized spacial score (nSPS) is 17.4. The third-order valence-electron chi connectivity index (χ3n) is 4.70. The number of nitrogens with one attached hydrogen (secondary N) is 1. The van der Waals surface area contributed by atoms with Gasteiger partial charge in [0.1, 0.15) is 5.82 Å². The molecule has 0 radical (unpaired) electrons. The summed E-state index contributed by atoms with van der Waals surface area (Å²) in [6.45, 7) is 3.42. The minimum atomic E-state index is -0.197. The third kappa shape index (κ3) is 4.71. The Morgan fingerprint density at radius 3 is 2.81 bits per heavy atom. The number of aromatic nitrogens is 2. The van der Waals surface area contributed by atoms with Gasteiger partial charge in [0.05, 0.1) is 0 Å². The van der Waals surface area contributed by atoms with Gasteiger partial charge < -0.3 is 9.84 Å². The molecule has 2 heterocycles. The highest BCUT2D eigenvalue weighted by Crippen LogP contribution is 2.23. The minimum Gasteiger partial charge on any atom is -0.339 e. The van der Waals surface area contributed by atoms with Crippen molar-refractivity contribution < 1.29 is 8.91 Å². The second kappa shape index (κ2) is 9.08. The Morgan fingerprint density at radius 2 is 2.00 bits per heavy atom. The van der Waals surface area contributed by atoms with E-state index in [4.69, 9.17) is 4.52 Å². The van der Waals surface area contributed by atoms with E-state index in [2.05, 4.69) is 20.4 Å². The van der Waals surface area contributed by atoms with Gasteiger partial charge in [-0.15, -0.1) is 12.4 Å². The highest BCUT2D eigenvalue weighted by Gasteiger charge is 2.24. The first-order valence-corrected chi connectivity index (χ1v) is 8.88. The first-order valence-electron chi connectivity index (χ1n) is 8.88. The lowest BCUT2D eigenvalue weighted by Crippen LogP contribution is -2.46. The lowest BCUT2D eigenvalue weighted by atomic mass is 10.0. The maximum Gasteiger partial charge on any atom is 0.228 e. The van der Waals surface area contributed by atoms with Gasteiger partial charge in [-0.05, 0) is 17.7 Å². The maximum atomic E-state index is 13.6. The molecule has 0 bridgehead atoms. The topological polar surface area (TPSA) is 54.2 Å². The van der Waals surface area contributed by atoms with Crippen LogP contribution in [0.2, 0.25) is 0 Å². The second-order valence-corrected chi connectivity index (χ2v) is 6.44. The first-order chi connectivity index (χ1) is 12.8. The van der Waals surface area contributed by atoms with Gasteiger partial charge in [-0.2, -0.15) is 4.98 Å². The largest absolute Gasteiger partial charge is 0.339 e. The Hall–Kier alpha value is -2.28. The average Bonchev–Trinajstić information content (AvgIpc) is 3.16. The highest BCUT2D eigenvalue weighted by molar-refractivity contribution is 5.85. The Labute approximate surface area is 164 Å². The molecule has 5 nitrogen and oxygen atoms in total. The second-order valence-electron chi connectivity index (χ2n) is 6.44. The molecule has 1 atom stereocenters. The van der Waals surface area contributed by atoms with Crippen LogP contribution in [-0.4, -0.2) is 41.2 Å². The van der Waals surface area contributed by atoms with Crippen molar-refractivity contribution in [1.82, 2.24) is 20.4 Å². The van der Waals surface area contributed by atoms with Crippen LogP contribution in [0.25, 0.3) is 11.4 Å². The van der Waals surface area contributed by atoms with E-state index in [1.807, 2.05) is 36.4 Å². The Balaban J connectivity index is 0.00000210. The summed E-state index contributed by atoms with van der Waals surface area (Å²) in [5.41, 5.74) is 1.94. The summed E-state index contributed by atoms with van der Waals surface area (Å²) >= 11 is 0. The van der Waals surface area contributed by atoms with Crippen molar-refractivity contribution in [3.63, 3.8) is 0 Å². The predicted molar refractivity (Wildman–Crippen MR) is 104 cm³/mol. The summed E-state index contributed by atoms with van der Waals surface area (Å²) in [6.07, 6.45) is 0.672. The standard InChI is InChI=1S/C20H21FN4O.ClH/c21-17-8-4-7-16(13-17)18-14-22-10-12-25(18)11-9-19-23-20(24-26-19)15-5-2-1-3-6-15;/h1-8,13,18,22H,9-12,14H2;1H. The Kier molecular flexibility index (Phi) is 6.55. The number of rotatable bonds is 5. The van der Waals surface area contributed by atoms with E-state index >= 15 is 0 Å². The van der Waals surface area contributed by atoms with Crippen LogP contribution in [0.3, 0.4) is 0 Å². The summed E-state index contributed by atoms with van der Waals surface area (Å²) in [4.78, 5) is 6.84. The number of benzene rings is 2. The molecule has 7 heteroatoms. The Bertz CT molecular complexity index is 858. The van der Waals surface area contributed by atoms with Crippen molar-refractivity contribution in [2.75, 3.05) is 26.2 Å². The molecule has 1 aliphatic heterocycles. The molecule has 0 amide bonds. The van der Waals surface area contributed by atoms with Gasteiger partial charge in [-0.3, -0.25) is 4.90 Å². The molecule has 1 aliphatic rings. The van der Waals surface area contributed by atoms with Crippen LogP contribution in [0, 0.1) is 5.82 Å². The van der Waals surface area contributed by atoms with Gasteiger partial charge >= 0.3 is 0 Å². The molecule has 3 aromatic rings. The highest BCUT2D eigenvalue weighted by atomic mass is 35.5. The van der Waals surface area contributed by atoms with Gasteiger partial charge in [0.25, 0.3) is 0 Å². The Morgan fingerprint density at radius 1 is 1.15 bits per heavy atom. The molecular formula is C20H22ClFN4O. The molecule has 27 heavy (non-hydrogen) atoms. The predicted octanol–water partition coefficient (Wildman–Crippen LogP) is 3.49. The van der Waals surface area contributed by atoms with E-state index in [-0.39, 0.29) is 24.3 Å². The molecule has 1 fully saturated rings. The molecule has 0 aliphatic carbocycles. The van der Waals surface area contributed by atoms with Crippen LogP contribution in [0.15, 0.2) is 59.1 Å². The molecular weight excluding hydrogens is 367 g/mol. The quantitative estimate of drug-likeness (QED) is 0.725. The summed E-state index contributed by atoms with van der Waals surface area (Å²) in [5, 5.41) is 7.46. The van der Waals surface area contributed by atoms with Gasteiger partial charge in [0.15, 0.2) is 0 Å². The zero-order chi connectivity index (χ0) is 17.8. The summed E-state index contributed by atoms with van der Waals surface area (Å²) in [7, 11) is 0. The van der Waals surface area contributed by atoms with Gasteiger partial charge in [-0.25, -0.2) is 4.39 Å². The third-order valence-corrected chi connectivity index (χ3v) is 4.70. The fourth-order valence-corrected chi connectivity index (χ4v) is 3.36. The molecule has 0 spiro atoms. The number of nitrogens with zero attached hydrogens (tertiary/aromatic N) is 3. The molecule has 1 N–H and O–H groups in total. The zero-order valence-electron chi connectivity index (χ0n) is 14.8. The fourth-order valence-electron chi connectivity index (χ4n) is 3.36. The van der Waals surface area contributed by atoms with Crippen molar-refractivity contribution in [1.29, 1.82) is 0 Å². The van der Waals surface area contributed by atoms with Crippen LogP contribution in [0.4, 0.5) is 4.39 Å². The molecule has 4 rings (SSSR count). The van der Waals surface area contributed by atoms with E-state index in [0.717, 1.165) is 37.3 Å². The van der Waals surface area contributed by atoms with Gasteiger partial charge in [-0.1, -0.05) is 47.6 Å². The van der Waals surface area contributed by atoms with E-state index in [9.17, 15) is 4.39 Å². The van der Waals surface area contributed by atoms with Crippen molar-refractivity contribution in [3.05, 3.63) is 71.9 Å². The number of piperazine rings is 1. The van der Waals surface area contributed by atoms with Crippen LogP contribution in [-0.2, 0) is 6.42 Å². The summed E-state index contributed by atoms with van der Waals surface area (Å²) in [5.74, 6) is 1.04. The molecule has 142 valence electrons. The van der Waals surface area contributed by atoms with Crippen LogP contribution in [0.1, 0.15) is 17.5 Å². The van der Waals surface area contributed by atoms with Crippen LogP contribution in [0.5, 0.6) is 0 Å². The average molecular weight is 389 g/mol. The molecule has 1 aromatic heterocycles. The fraction of sp³-hybridized carbons (Fsp3) is 0.300. The molecule has 2 aromatic carbocycles. The van der Waals surface area contributed by atoms with Crippen molar-refractivity contribution in [3.8, 4) is 11.4 Å². The zero-order valence-corrected chi connectivity index (χ0v) is 15.7. The first kappa shape index (κ1) is 19.5. The van der Waals surface area contributed by atoms with Crippen molar-refractivity contribution in [2.24, 2.45) is 0 Å². The summed E-state index contributed by atoms with van der Waals surface area (Å²) < 4.78 is 19.0. The number of halogens is 2. The smallest absolute Gasteiger partial charge is 0.228 e. The van der Waals surface area contributed by atoms with E-state index < -0.39 is 0 Å². The number of hydrogen-bond acceptors (Lipinski definition) is 5. The molecule has 1 saturated heterocycles. The van der Waals surface area contributed by atoms with E-state index in [1.165, 1.54) is 6.07 Å². The van der Waals surface area contributed by atoms with Crippen LogP contribution < -0.4 is 5.32 Å². The maximum absolute atomic E-state index is 13.6. The van der Waals surface area contributed by atoms with Crippen LogP contribution >= 0.6 is 12.4 Å². The minimum absolute atomic E-state index is 0. The summed E-state index contributed by atoms with van der Waals surface area (Å²) in [6, 6.07) is 16.8. The van der Waals surface area contributed by atoms with Crippen molar-refractivity contribution in [2.45, 2.75) is 12.5 Å². The molecule has 0 saturated carbocycles.